The third-order valence-electron chi connectivity index (χ3n) is 6.93. The zero-order valence-electron chi connectivity index (χ0n) is 20.2. The Morgan fingerprint density at radius 3 is 1.81 bits per heavy atom. The van der Waals surface area contributed by atoms with Gasteiger partial charge >= 0.3 is 0 Å². The van der Waals surface area contributed by atoms with Crippen molar-refractivity contribution < 1.29 is 8.85 Å². The van der Waals surface area contributed by atoms with Crippen LogP contribution in [0.15, 0.2) is 0 Å². The first-order valence-electron chi connectivity index (χ1n) is 11.1. The maximum absolute atomic E-state index is 6.79. The minimum atomic E-state index is -1.85. The van der Waals surface area contributed by atoms with Crippen LogP contribution in [0.2, 0.25) is 36.3 Å². The molecular weight excluding hydrogens is 364 g/mol. The highest BCUT2D eigenvalue weighted by molar-refractivity contribution is 6.74. The summed E-state index contributed by atoms with van der Waals surface area (Å²) in [4.78, 5) is 0. The van der Waals surface area contributed by atoms with Gasteiger partial charge in [-0.1, -0.05) is 55.4 Å². The van der Waals surface area contributed by atoms with Crippen LogP contribution in [-0.2, 0) is 8.85 Å². The van der Waals surface area contributed by atoms with Gasteiger partial charge in [0.25, 0.3) is 0 Å². The molecule has 0 aromatic carbocycles. The van der Waals surface area contributed by atoms with Gasteiger partial charge in [0.15, 0.2) is 16.6 Å². The lowest BCUT2D eigenvalue weighted by molar-refractivity contribution is 0.0782. The van der Waals surface area contributed by atoms with E-state index in [2.05, 4.69) is 81.3 Å². The van der Waals surface area contributed by atoms with Gasteiger partial charge in [-0.2, -0.15) is 0 Å². The molecule has 0 bridgehead atoms. The first-order valence-corrected chi connectivity index (χ1v) is 16.5. The summed E-state index contributed by atoms with van der Waals surface area (Å²) in [7, 11) is -3.35. The minimum Gasteiger partial charge on any atom is -0.417 e. The molecule has 0 N–H and O–H groups in total. The van der Waals surface area contributed by atoms with Crippen LogP contribution in [0.4, 0.5) is 0 Å². The Morgan fingerprint density at radius 2 is 1.44 bits per heavy atom. The number of terminal acetylenes is 1. The summed E-state index contributed by atoms with van der Waals surface area (Å²) in [6, 6.07) is 3.65. The summed E-state index contributed by atoms with van der Waals surface area (Å²) in [6.45, 7) is 26.1. The first kappa shape index (κ1) is 26.9. The molecule has 0 unspecified atom stereocenters. The highest BCUT2D eigenvalue weighted by Crippen LogP contribution is 2.39. The fraction of sp³-hybridized carbons (Fsp3) is 0.913. The average molecular weight is 413 g/mol. The zero-order chi connectivity index (χ0) is 21.5. The van der Waals surface area contributed by atoms with Gasteiger partial charge in [-0.25, -0.2) is 0 Å². The van der Waals surface area contributed by atoms with Crippen LogP contribution in [0.3, 0.4) is 0 Å². The van der Waals surface area contributed by atoms with E-state index in [0.29, 0.717) is 11.8 Å². The van der Waals surface area contributed by atoms with Crippen LogP contribution in [-0.4, -0.2) is 29.3 Å². The molecule has 0 aliphatic carbocycles. The number of hydrogen-bond acceptors (Lipinski definition) is 2. The van der Waals surface area contributed by atoms with E-state index in [0.717, 1.165) is 13.0 Å². The molecule has 0 saturated heterocycles. The molecule has 160 valence electrons. The maximum Gasteiger partial charge on any atom is 0.192 e. The van der Waals surface area contributed by atoms with Gasteiger partial charge in [-0.15, -0.1) is 12.3 Å². The van der Waals surface area contributed by atoms with Crippen molar-refractivity contribution in [3.8, 4) is 12.3 Å². The normalized spacial score (nSPS) is 17.9. The fourth-order valence-electron chi connectivity index (χ4n) is 3.53. The first-order chi connectivity index (χ1) is 12.3. The van der Waals surface area contributed by atoms with Gasteiger partial charge in [0, 0.05) is 12.5 Å². The quantitative estimate of drug-likeness (QED) is 0.247. The van der Waals surface area contributed by atoms with E-state index in [1.54, 1.807) is 0 Å². The van der Waals surface area contributed by atoms with Crippen molar-refractivity contribution in [2.24, 2.45) is 17.8 Å². The molecule has 0 radical (unpaired) electrons. The summed E-state index contributed by atoms with van der Waals surface area (Å²) >= 11 is 0. The highest BCUT2D eigenvalue weighted by atomic mass is 28.4. The molecule has 0 fully saturated rings. The van der Waals surface area contributed by atoms with Crippen LogP contribution in [0.1, 0.15) is 68.7 Å². The summed E-state index contributed by atoms with van der Waals surface area (Å²) in [6.07, 6.45) is 7.04. The van der Waals surface area contributed by atoms with Crippen molar-refractivity contribution in [2.75, 3.05) is 6.61 Å². The minimum absolute atomic E-state index is 0.129. The Hall–Kier alpha value is -0.0862. The van der Waals surface area contributed by atoms with Crippen molar-refractivity contribution in [3.63, 3.8) is 0 Å². The van der Waals surface area contributed by atoms with E-state index in [4.69, 9.17) is 15.3 Å². The lowest BCUT2D eigenvalue weighted by atomic mass is 9.87. The second-order valence-electron chi connectivity index (χ2n) is 10.2. The molecule has 4 atom stereocenters. The lowest BCUT2D eigenvalue weighted by Gasteiger charge is -2.42. The van der Waals surface area contributed by atoms with Gasteiger partial charge in [-0.3, -0.25) is 0 Å². The second-order valence-corrected chi connectivity index (χ2v) is 19.7. The topological polar surface area (TPSA) is 18.5 Å². The predicted molar refractivity (Wildman–Crippen MR) is 126 cm³/mol. The van der Waals surface area contributed by atoms with E-state index < -0.39 is 16.6 Å². The molecule has 2 nitrogen and oxygen atoms in total. The van der Waals surface area contributed by atoms with Gasteiger partial charge in [0.05, 0.1) is 6.10 Å². The van der Waals surface area contributed by atoms with Crippen molar-refractivity contribution in [2.45, 2.75) is 111 Å². The Labute approximate surface area is 173 Å². The fourth-order valence-corrected chi connectivity index (χ4v) is 7.76. The maximum atomic E-state index is 6.79. The number of hydrogen-bond donors (Lipinski definition) is 0. The Bertz CT molecular complexity index is 450. The van der Waals surface area contributed by atoms with Gasteiger partial charge in [0.1, 0.15) is 0 Å². The molecule has 0 amide bonds. The van der Waals surface area contributed by atoms with E-state index in [1.807, 2.05) is 0 Å². The average Bonchev–Trinajstić information content (AvgIpc) is 2.59. The monoisotopic (exact) mass is 412 g/mol. The van der Waals surface area contributed by atoms with Crippen molar-refractivity contribution in [3.05, 3.63) is 0 Å². The van der Waals surface area contributed by atoms with E-state index in [1.165, 1.54) is 18.1 Å². The van der Waals surface area contributed by atoms with Gasteiger partial charge < -0.3 is 8.85 Å². The molecule has 0 spiro atoms. The van der Waals surface area contributed by atoms with Crippen LogP contribution in [0.5, 0.6) is 0 Å². The molecule has 0 aromatic rings. The van der Waals surface area contributed by atoms with Crippen LogP contribution in [0.25, 0.3) is 0 Å². The zero-order valence-corrected chi connectivity index (χ0v) is 22.2. The standard InChI is InChI=1S/C23H48O2Si2/c1-13-20(6)22(25-26(11,12)23(8,9)10)21(7)17-19(5)18-24-27(14-2,15-3)16-4/h1,19-22H,14-18H2,2-12H3/t19-,20+,21+,22+/m1/s1. The predicted octanol–water partition coefficient (Wildman–Crippen LogP) is 7.33. The highest BCUT2D eigenvalue weighted by Gasteiger charge is 2.41. The van der Waals surface area contributed by atoms with E-state index in [-0.39, 0.29) is 17.1 Å². The summed E-state index contributed by atoms with van der Waals surface area (Å²) in [5.74, 6) is 4.06. The molecule has 27 heavy (non-hydrogen) atoms. The van der Waals surface area contributed by atoms with Crippen LogP contribution >= 0.6 is 0 Å². The Kier molecular flexibility index (Phi) is 11.2. The SMILES string of the molecule is C#C[C@H](C)[C@H](O[Si](C)(C)C(C)(C)C)[C@@H](C)C[C@@H](C)CO[Si](CC)(CC)CC. The summed E-state index contributed by atoms with van der Waals surface area (Å²) in [5.41, 5.74) is 0. The summed E-state index contributed by atoms with van der Waals surface area (Å²) < 4.78 is 13.3. The molecule has 4 heteroatoms. The van der Waals surface area contributed by atoms with Crippen LogP contribution < -0.4 is 0 Å². The second kappa shape index (κ2) is 11.2. The Morgan fingerprint density at radius 1 is 0.963 bits per heavy atom. The molecule has 0 saturated carbocycles. The number of rotatable bonds is 12. The third-order valence-corrected chi connectivity index (χ3v) is 16.1. The van der Waals surface area contributed by atoms with Gasteiger partial charge in [-0.05, 0) is 61.4 Å². The Balaban J connectivity index is 5.06. The molecule has 0 aromatic heterocycles. The molecule has 0 aliphatic heterocycles. The largest absolute Gasteiger partial charge is 0.417 e. The molecule has 0 heterocycles. The van der Waals surface area contributed by atoms with Crippen molar-refractivity contribution >= 4 is 16.6 Å². The van der Waals surface area contributed by atoms with E-state index in [9.17, 15) is 0 Å². The molecule has 0 rings (SSSR count). The molecular formula is C23H48O2Si2. The lowest BCUT2D eigenvalue weighted by Crippen LogP contribution is -2.47. The smallest absolute Gasteiger partial charge is 0.192 e. The van der Waals surface area contributed by atoms with Gasteiger partial charge in [0.2, 0.25) is 0 Å². The van der Waals surface area contributed by atoms with Crippen molar-refractivity contribution in [1.29, 1.82) is 0 Å². The summed E-state index contributed by atoms with van der Waals surface area (Å²) in [5, 5.41) is 0.197. The van der Waals surface area contributed by atoms with E-state index >= 15 is 0 Å². The van der Waals surface area contributed by atoms with Crippen LogP contribution in [0, 0.1) is 30.1 Å². The van der Waals surface area contributed by atoms with Crippen molar-refractivity contribution in [1.82, 2.24) is 0 Å². The molecule has 0 aliphatic rings. The third kappa shape index (κ3) is 8.05.